The fourth-order valence-corrected chi connectivity index (χ4v) is 2.70. The Labute approximate surface area is 153 Å². The van der Waals surface area contributed by atoms with Gasteiger partial charge in [-0.2, -0.15) is 5.10 Å². The molecule has 0 radical (unpaired) electrons. The van der Waals surface area contributed by atoms with Crippen molar-refractivity contribution in [1.29, 1.82) is 0 Å². The van der Waals surface area contributed by atoms with Crippen LogP contribution < -0.4 is 10.3 Å². The number of nitrogens with one attached hydrogen (secondary N) is 1. The summed E-state index contributed by atoms with van der Waals surface area (Å²) in [4.78, 5) is 36.8. The molecule has 140 valence electrons. The molecule has 7 nitrogen and oxygen atoms in total. The zero-order valence-corrected chi connectivity index (χ0v) is 15.8. The van der Waals surface area contributed by atoms with Gasteiger partial charge in [-0.05, 0) is 37.0 Å². The summed E-state index contributed by atoms with van der Waals surface area (Å²) in [5.74, 6) is -1.26. The van der Waals surface area contributed by atoms with E-state index in [1.165, 1.54) is 12.1 Å². The number of carbonyl (C=O) groups excluding carboxylic acids is 3. The van der Waals surface area contributed by atoms with Crippen molar-refractivity contribution in [2.45, 2.75) is 46.6 Å². The molecule has 2 amide bonds. The van der Waals surface area contributed by atoms with Gasteiger partial charge >= 0.3 is 5.97 Å². The molecule has 0 unspecified atom stereocenters. The predicted molar refractivity (Wildman–Crippen MR) is 98.9 cm³/mol. The predicted octanol–water partition coefficient (Wildman–Crippen LogP) is 2.10. The molecule has 1 atom stereocenters. The van der Waals surface area contributed by atoms with E-state index in [1.807, 2.05) is 45.9 Å². The molecular formula is C19H25N3O4. The van der Waals surface area contributed by atoms with Crippen molar-refractivity contribution in [3.63, 3.8) is 0 Å². The van der Waals surface area contributed by atoms with Crippen molar-refractivity contribution in [1.82, 2.24) is 5.32 Å². The highest BCUT2D eigenvalue weighted by molar-refractivity contribution is 6.40. The molecule has 1 aromatic rings. The average Bonchev–Trinajstić information content (AvgIpc) is 2.61. The Morgan fingerprint density at radius 3 is 2.54 bits per heavy atom. The number of esters is 1. The van der Waals surface area contributed by atoms with E-state index >= 15 is 0 Å². The number of carbonyl (C=O) groups is 3. The van der Waals surface area contributed by atoms with Crippen LogP contribution in [0.4, 0.5) is 5.69 Å². The van der Waals surface area contributed by atoms with Gasteiger partial charge in [-0.1, -0.05) is 26.0 Å². The highest BCUT2D eigenvalue weighted by atomic mass is 16.5. The summed E-state index contributed by atoms with van der Waals surface area (Å²) < 4.78 is 4.74. The number of anilines is 1. The maximum atomic E-state index is 12.6. The zero-order chi connectivity index (χ0) is 19.4. The number of rotatable bonds is 5. The van der Waals surface area contributed by atoms with Crippen molar-refractivity contribution in [2.24, 2.45) is 11.0 Å². The highest BCUT2D eigenvalue weighted by Gasteiger charge is 2.30. The van der Waals surface area contributed by atoms with Crippen LogP contribution in [-0.4, -0.2) is 36.6 Å². The number of hydrazone groups is 1. The molecule has 0 aliphatic carbocycles. The van der Waals surface area contributed by atoms with E-state index in [0.717, 1.165) is 11.1 Å². The Bertz CT molecular complexity index is 755. The quantitative estimate of drug-likeness (QED) is 0.816. The number of benzene rings is 1. The fourth-order valence-electron chi connectivity index (χ4n) is 2.70. The van der Waals surface area contributed by atoms with Gasteiger partial charge in [-0.15, -0.1) is 0 Å². The van der Waals surface area contributed by atoms with Crippen LogP contribution >= 0.6 is 0 Å². The van der Waals surface area contributed by atoms with Gasteiger partial charge in [0, 0.05) is 12.8 Å². The van der Waals surface area contributed by atoms with E-state index < -0.39 is 17.9 Å². The van der Waals surface area contributed by atoms with Crippen LogP contribution in [0.15, 0.2) is 23.3 Å². The maximum Gasteiger partial charge on any atom is 0.328 e. The first-order valence-electron chi connectivity index (χ1n) is 8.61. The van der Waals surface area contributed by atoms with Crippen molar-refractivity contribution >= 4 is 29.2 Å². The lowest BCUT2D eigenvalue weighted by molar-refractivity contribution is -0.145. The van der Waals surface area contributed by atoms with E-state index in [2.05, 4.69) is 10.4 Å². The summed E-state index contributed by atoms with van der Waals surface area (Å²) in [6, 6.07) is 4.97. The Morgan fingerprint density at radius 1 is 1.23 bits per heavy atom. The number of methoxy groups -OCH3 is 1. The lowest BCUT2D eigenvalue weighted by Gasteiger charge is -2.26. The van der Waals surface area contributed by atoms with Crippen molar-refractivity contribution in [3.8, 4) is 0 Å². The lowest BCUT2D eigenvalue weighted by atomic mass is 10.0. The minimum absolute atomic E-state index is 0.132. The van der Waals surface area contributed by atoms with E-state index in [1.54, 1.807) is 0 Å². The SMILES string of the molecule is COC(=O)[C@@H](NC(=O)C1=NN(c2cc(C)ccc2C)C(=O)CC1)C(C)C. The largest absolute Gasteiger partial charge is 0.467 e. The lowest BCUT2D eigenvalue weighted by Crippen LogP contribution is -2.49. The van der Waals surface area contributed by atoms with Gasteiger partial charge < -0.3 is 10.1 Å². The van der Waals surface area contributed by atoms with E-state index in [0.29, 0.717) is 5.69 Å². The highest BCUT2D eigenvalue weighted by Crippen LogP contribution is 2.25. The number of amides is 2. The molecule has 1 aromatic carbocycles. The van der Waals surface area contributed by atoms with Crippen LogP contribution in [0.2, 0.25) is 0 Å². The van der Waals surface area contributed by atoms with Gasteiger partial charge in [0.15, 0.2) is 0 Å². The summed E-state index contributed by atoms with van der Waals surface area (Å²) in [5.41, 5.74) is 2.77. The molecular weight excluding hydrogens is 334 g/mol. The molecule has 2 rings (SSSR count). The minimum atomic E-state index is -0.762. The van der Waals surface area contributed by atoms with Gasteiger partial charge in [0.05, 0.1) is 12.8 Å². The average molecular weight is 359 g/mol. The number of hydrogen-bond donors (Lipinski definition) is 1. The second-order valence-electron chi connectivity index (χ2n) is 6.76. The Kier molecular flexibility index (Phi) is 6.13. The Morgan fingerprint density at radius 2 is 1.92 bits per heavy atom. The molecule has 0 fully saturated rings. The number of aryl methyl sites for hydroxylation is 2. The summed E-state index contributed by atoms with van der Waals surface area (Å²) in [6.07, 6.45) is 0.419. The van der Waals surface area contributed by atoms with Crippen LogP contribution in [0, 0.1) is 19.8 Å². The van der Waals surface area contributed by atoms with Crippen molar-refractivity contribution < 1.29 is 19.1 Å². The molecule has 0 bridgehead atoms. The number of nitrogens with zero attached hydrogens (tertiary/aromatic N) is 2. The third-order valence-corrected chi connectivity index (χ3v) is 4.30. The monoisotopic (exact) mass is 359 g/mol. The number of ether oxygens (including phenoxy) is 1. The first-order valence-corrected chi connectivity index (χ1v) is 8.61. The van der Waals surface area contributed by atoms with Crippen LogP contribution in [0.5, 0.6) is 0 Å². The molecule has 1 N–H and O–H groups in total. The van der Waals surface area contributed by atoms with Crippen molar-refractivity contribution in [2.75, 3.05) is 12.1 Å². The van der Waals surface area contributed by atoms with E-state index in [4.69, 9.17) is 4.74 Å². The summed E-state index contributed by atoms with van der Waals surface area (Å²) in [5, 5.41) is 8.22. The third kappa shape index (κ3) is 4.28. The molecule has 0 saturated heterocycles. The number of hydrogen-bond acceptors (Lipinski definition) is 5. The fraction of sp³-hybridized carbons (Fsp3) is 0.474. The topological polar surface area (TPSA) is 88.1 Å². The van der Waals surface area contributed by atoms with Crippen LogP contribution in [0.1, 0.15) is 37.8 Å². The molecule has 0 aromatic heterocycles. The molecule has 1 aliphatic heterocycles. The molecule has 26 heavy (non-hydrogen) atoms. The second-order valence-corrected chi connectivity index (χ2v) is 6.76. The Balaban J connectivity index is 2.28. The first kappa shape index (κ1) is 19.6. The minimum Gasteiger partial charge on any atom is -0.467 e. The van der Waals surface area contributed by atoms with E-state index in [-0.39, 0.29) is 30.4 Å². The van der Waals surface area contributed by atoms with E-state index in [9.17, 15) is 14.4 Å². The van der Waals surface area contributed by atoms with Gasteiger partial charge in [-0.3, -0.25) is 9.59 Å². The Hall–Kier alpha value is -2.70. The van der Waals surface area contributed by atoms with Crippen LogP contribution in [0.25, 0.3) is 0 Å². The van der Waals surface area contributed by atoms with Gasteiger partial charge in [-0.25, -0.2) is 9.80 Å². The van der Waals surface area contributed by atoms with Crippen LogP contribution in [0.3, 0.4) is 0 Å². The van der Waals surface area contributed by atoms with Crippen molar-refractivity contribution in [3.05, 3.63) is 29.3 Å². The normalized spacial score (nSPS) is 15.5. The van der Waals surface area contributed by atoms with Crippen LogP contribution in [-0.2, 0) is 19.1 Å². The maximum absolute atomic E-state index is 12.6. The molecule has 0 spiro atoms. The summed E-state index contributed by atoms with van der Waals surface area (Å²) in [7, 11) is 1.28. The molecule has 1 aliphatic rings. The van der Waals surface area contributed by atoms with Gasteiger partial charge in [0.1, 0.15) is 11.8 Å². The molecule has 0 saturated carbocycles. The van der Waals surface area contributed by atoms with Gasteiger partial charge in [0.2, 0.25) is 5.91 Å². The summed E-state index contributed by atoms with van der Waals surface area (Å²) >= 11 is 0. The third-order valence-electron chi connectivity index (χ3n) is 4.30. The molecule has 1 heterocycles. The smallest absolute Gasteiger partial charge is 0.328 e. The summed E-state index contributed by atoms with van der Waals surface area (Å²) in [6.45, 7) is 7.45. The second kappa shape index (κ2) is 8.12. The van der Waals surface area contributed by atoms with Gasteiger partial charge in [0.25, 0.3) is 5.91 Å². The standard InChI is InChI=1S/C19H25N3O4/c1-11(2)17(19(25)26-5)20-18(24)14-8-9-16(23)22(21-14)15-10-12(3)6-7-13(15)4/h6-7,10-11,17H,8-9H2,1-5H3,(H,20,24)/t17-/m0/s1. The molecule has 7 heteroatoms. The first-order chi connectivity index (χ1) is 12.2. The zero-order valence-electron chi connectivity index (χ0n) is 15.8.